The molecule has 3 rings (SSSR count). The summed E-state index contributed by atoms with van der Waals surface area (Å²) in [4.78, 5) is 14.7. The lowest BCUT2D eigenvalue weighted by molar-refractivity contribution is -0.143. The number of ether oxygens (including phenoxy) is 2. The Morgan fingerprint density at radius 1 is 1.19 bits per heavy atom. The Balaban J connectivity index is 1.65. The minimum Gasteiger partial charge on any atom is -0.379 e. The molecule has 1 aromatic rings. The Morgan fingerprint density at radius 2 is 2.05 bits per heavy atom. The van der Waals surface area contributed by atoms with Crippen LogP contribution in [0.3, 0.4) is 0 Å². The monoisotopic (exact) mass is 289 g/mol. The van der Waals surface area contributed by atoms with Crippen molar-refractivity contribution >= 4 is 5.91 Å². The van der Waals surface area contributed by atoms with Gasteiger partial charge >= 0.3 is 0 Å². The second kappa shape index (κ2) is 7.05. The molecule has 0 radical (unpaired) electrons. The van der Waals surface area contributed by atoms with E-state index in [0.717, 1.165) is 38.8 Å². The number of carbonyl (C=O) groups is 1. The van der Waals surface area contributed by atoms with Gasteiger partial charge in [0.15, 0.2) is 0 Å². The minimum atomic E-state index is -0.235. The van der Waals surface area contributed by atoms with Crippen molar-refractivity contribution in [3.05, 3.63) is 35.9 Å². The third-order valence-corrected chi connectivity index (χ3v) is 4.32. The zero-order valence-corrected chi connectivity index (χ0v) is 12.4. The molecule has 2 unspecified atom stereocenters. The van der Waals surface area contributed by atoms with Crippen molar-refractivity contribution in [1.29, 1.82) is 0 Å². The molecule has 2 aliphatic heterocycles. The standard InChI is InChI=1S/C17H23NO3/c19-17(16-7-4-11-21-16)18(15-9-12-20-13-15)10-8-14-5-2-1-3-6-14/h1-3,5-6,15-16H,4,7-13H2. The number of amides is 1. The van der Waals surface area contributed by atoms with Crippen LogP contribution in [-0.2, 0) is 20.7 Å². The molecule has 0 spiro atoms. The number of hydrogen-bond donors (Lipinski definition) is 0. The summed E-state index contributed by atoms with van der Waals surface area (Å²) >= 11 is 0. The first kappa shape index (κ1) is 14.5. The van der Waals surface area contributed by atoms with E-state index >= 15 is 0 Å². The maximum Gasteiger partial charge on any atom is 0.252 e. The predicted octanol–water partition coefficient (Wildman–Crippen LogP) is 2.03. The van der Waals surface area contributed by atoms with Crippen molar-refractivity contribution in [3.63, 3.8) is 0 Å². The van der Waals surface area contributed by atoms with E-state index in [1.165, 1.54) is 5.56 Å². The number of rotatable bonds is 5. The van der Waals surface area contributed by atoms with Crippen molar-refractivity contribution < 1.29 is 14.3 Å². The summed E-state index contributed by atoms with van der Waals surface area (Å²) in [5.74, 6) is 0.152. The Labute approximate surface area is 126 Å². The molecule has 2 saturated heterocycles. The zero-order valence-electron chi connectivity index (χ0n) is 12.4. The maximum atomic E-state index is 12.7. The number of benzene rings is 1. The molecule has 21 heavy (non-hydrogen) atoms. The molecule has 0 bridgehead atoms. The number of carbonyl (C=O) groups excluding carboxylic acids is 1. The summed E-state index contributed by atoms with van der Waals surface area (Å²) in [5, 5.41) is 0. The van der Waals surface area contributed by atoms with E-state index in [2.05, 4.69) is 12.1 Å². The summed E-state index contributed by atoms with van der Waals surface area (Å²) in [7, 11) is 0. The highest BCUT2D eigenvalue weighted by molar-refractivity contribution is 5.81. The van der Waals surface area contributed by atoms with Crippen LogP contribution in [-0.4, -0.2) is 49.3 Å². The molecule has 2 fully saturated rings. The van der Waals surface area contributed by atoms with E-state index in [0.29, 0.717) is 13.2 Å². The normalized spacial score (nSPS) is 25.1. The summed E-state index contributed by atoms with van der Waals surface area (Å²) in [6.45, 7) is 2.87. The van der Waals surface area contributed by atoms with Crippen LogP contribution in [0.1, 0.15) is 24.8 Å². The molecule has 0 N–H and O–H groups in total. The van der Waals surface area contributed by atoms with Crippen LogP contribution in [0.15, 0.2) is 30.3 Å². The van der Waals surface area contributed by atoms with Gasteiger partial charge in [-0.1, -0.05) is 30.3 Å². The largest absolute Gasteiger partial charge is 0.379 e. The number of hydrogen-bond acceptors (Lipinski definition) is 3. The SMILES string of the molecule is O=C(C1CCCO1)N(CCc1ccccc1)C1CCOC1. The molecule has 1 aromatic carbocycles. The third kappa shape index (κ3) is 3.63. The molecular formula is C17H23NO3. The van der Waals surface area contributed by atoms with E-state index < -0.39 is 0 Å². The van der Waals surface area contributed by atoms with Crippen molar-refractivity contribution in [2.24, 2.45) is 0 Å². The second-order valence-electron chi connectivity index (χ2n) is 5.79. The molecule has 4 nitrogen and oxygen atoms in total. The molecule has 114 valence electrons. The summed E-state index contributed by atoms with van der Waals surface area (Å²) in [5.41, 5.74) is 1.27. The average Bonchev–Trinajstić information content (AvgIpc) is 3.22. The number of nitrogens with zero attached hydrogens (tertiary/aromatic N) is 1. The fraction of sp³-hybridized carbons (Fsp3) is 0.588. The first-order valence-corrected chi connectivity index (χ1v) is 7.88. The van der Waals surface area contributed by atoms with E-state index in [9.17, 15) is 4.79 Å². The van der Waals surface area contributed by atoms with Gasteiger partial charge in [-0.15, -0.1) is 0 Å². The lowest BCUT2D eigenvalue weighted by atomic mass is 10.1. The Hall–Kier alpha value is -1.39. The quantitative estimate of drug-likeness (QED) is 0.832. The fourth-order valence-corrected chi connectivity index (χ4v) is 3.09. The van der Waals surface area contributed by atoms with Gasteiger partial charge in [-0.3, -0.25) is 4.79 Å². The fourth-order valence-electron chi connectivity index (χ4n) is 3.09. The van der Waals surface area contributed by atoms with Gasteiger partial charge in [0.2, 0.25) is 0 Å². The topological polar surface area (TPSA) is 38.8 Å². The summed E-state index contributed by atoms with van der Waals surface area (Å²) < 4.78 is 11.0. The van der Waals surface area contributed by atoms with Crippen LogP contribution in [0, 0.1) is 0 Å². The third-order valence-electron chi connectivity index (χ3n) is 4.32. The highest BCUT2D eigenvalue weighted by Gasteiger charge is 2.33. The lowest BCUT2D eigenvalue weighted by Gasteiger charge is -2.30. The van der Waals surface area contributed by atoms with Gasteiger partial charge in [0.1, 0.15) is 6.10 Å². The van der Waals surface area contributed by atoms with Crippen LogP contribution < -0.4 is 0 Å². The Bertz CT molecular complexity index is 450. The maximum absolute atomic E-state index is 12.7. The highest BCUT2D eigenvalue weighted by atomic mass is 16.5. The van der Waals surface area contributed by atoms with Gasteiger partial charge in [0.25, 0.3) is 5.91 Å². The van der Waals surface area contributed by atoms with E-state index in [1.807, 2.05) is 23.1 Å². The van der Waals surface area contributed by atoms with Crippen molar-refractivity contribution in [2.75, 3.05) is 26.4 Å². The van der Waals surface area contributed by atoms with Gasteiger partial charge in [-0.05, 0) is 31.2 Å². The van der Waals surface area contributed by atoms with E-state index in [-0.39, 0.29) is 18.1 Å². The van der Waals surface area contributed by atoms with Crippen LogP contribution >= 0.6 is 0 Å². The second-order valence-corrected chi connectivity index (χ2v) is 5.79. The molecular weight excluding hydrogens is 266 g/mol. The van der Waals surface area contributed by atoms with Crippen LogP contribution in [0.2, 0.25) is 0 Å². The molecule has 0 aromatic heterocycles. The molecule has 2 aliphatic rings. The average molecular weight is 289 g/mol. The summed E-state index contributed by atoms with van der Waals surface area (Å²) in [6, 6.07) is 10.5. The van der Waals surface area contributed by atoms with Crippen LogP contribution in [0.25, 0.3) is 0 Å². The Morgan fingerprint density at radius 3 is 2.71 bits per heavy atom. The van der Waals surface area contributed by atoms with Gasteiger partial charge in [0.05, 0.1) is 12.6 Å². The molecule has 4 heteroatoms. The molecule has 0 aliphatic carbocycles. The lowest BCUT2D eigenvalue weighted by Crippen LogP contribution is -2.46. The van der Waals surface area contributed by atoms with E-state index in [1.54, 1.807) is 0 Å². The van der Waals surface area contributed by atoms with Crippen molar-refractivity contribution in [2.45, 2.75) is 37.8 Å². The first-order chi connectivity index (χ1) is 10.3. The molecule has 1 amide bonds. The van der Waals surface area contributed by atoms with Gasteiger partial charge in [-0.25, -0.2) is 0 Å². The minimum absolute atomic E-state index is 0.152. The predicted molar refractivity (Wildman–Crippen MR) is 80.1 cm³/mol. The molecule has 2 heterocycles. The highest BCUT2D eigenvalue weighted by Crippen LogP contribution is 2.20. The zero-order chi connectivity index (χ0) is 14.5. The van der Waals surface area contributed by atoms with Gasteiger partial charge in [0, 0.05) is 19.8 Å². The smallest absolute Gasteiger partial charge is 0.252 e. The van der Waals surface area contributed by atoms with E-state index in [4.69, 9.17) is 9.47 Å². The first-order valence-electron chi connectivity index (χ1n) is 7.88. The van der Waals surface area contributed by atoms with Gasteiger partial charge < -0.3 is 14.4 Å². The van der Waals surface area contributed by atoms with Crippen molar-refractivity contribution in [1.82, 2.24) is 4.90 Å². The van der Waals surface area contributed by atoms with Gasteiger partial charge in [-0.2, -0.15) is 0 Å². The van der Waals surface area contributed by atoms with Crippen LogP contribution in [0.4, 0.5) is 0 Å². The summed E-state index contributed by atoms with van der Waals surface area (Å²) in [6.07, 6.45) is 3.43. The van der Waals surface area contributed by atoms with Crippen LogP contribution in [0.5, 0.6) is 0 Å². The Kier molecular flexibility index (Phi) is 4.88. The molecule has 0 saturated carbocycles. The molecule has 2 atom stereocenters. The van der Waals surface area contributed by atoms with Crippen molar-refractivity contribution in [3.8, 4) is 0 Å².